The van der Waals surface area contributed by atoms with Crippen LogP contribution in [0.1, 0.15) is 19.7 Å². The van der Waals surface area contributed by atoms with E-state index in [4.69, 9.17) is 5.73 Å². The van der Waals surface area contributed by atoms with Crippen molar-refractivity contribution >= 4 is 11.9 Å². The van der Waals surface area contributed by atoms with Crippen LogP contribution in [0, 0.1) is 5.92 Å². The molecule has 0 saturated heterocycles. The highest BCUT2D eigenvalue weighted by Gasteiger charge is 2.22. The standard InChI is InChI=1S/C10H17N5O2/c1-6(2)8(15-10(11)17)9(16)14-5-7-12-3-4-13-7/h3-4,6,8H,5H2,1-2H3,(H,12,13)(H,14,16)(H3,11,15,17). The second kappa shape index (κ2) is 5.88. The number of carbonyl (C=O) groups excluding carboxylic acids is 2. The van der Waals surface area contributed by atoms with Gasteiger partial charge in [0.25, 0.3) is 0 Å². The fourth-order valence-electron chi connectivity index (χ4n) is 1.36. The minimum atomic E-state index is -0.711. The summed E-state index contributed by atoms with van der Waals surface area (Å²) in [6, 6.07) is -1.35. The monoisotopic (exact) mass is 239 g/mol. The van der Waals surface area contributed by atoms with Gasteiger partial charge in [-0.3, -0.25) is 4.79 Å². The van der Waals surface area contributed by atoms with Gasteiger partial charge in [0, 0.05) is 12.4 Å². The molecule has 7 nitrogen and oxygen atoms in total. The van der Waals surface area contributed by atoms with Crippen molar-refractivity contribution < 1.29 is 9.59 Å². The maximum absolute atomic E-state index is 11.8. The van der Waals surface area contributed by atoms with Gasteiger partial charge in [0.15, 0.2) is 0 Å². The Balaban J connectivity index is 2.50. The number of urea groups is 1. The first-order valence-corrected chi connectivity index (χ1v) is 5.32. The SMILES string of the molecule is CC(C)C(NC(N)=O)C(=O)NCc1ncc[nH]1. The van der Waals surface area contributed by atoms with Crippen LogP contribution in [0.3, 0.4) is 0 Å². The van der Waals surface area contributed by atoms with E-state index in [1.165, 1.54) is 0 Å². The first-order chi connectivity index (χ1) is 8.00. The normalized spacial score (nSPS) is 12.2. The molecule has 0 aliphatic rings. The molecule has 1 unspecified atom stereocenters. The van der Waals surface area contributed by atoms with E-state index in [9.17, 15) is 9.59 Å². The molecule has 0 aliphatic heterocycles. The number of nitrogens with two attached hydrogens (primary N) is 1. The number of imidazole rings is 1. The summed E-state index contributed by atoms with van der Waals surface area (Å²) in [5.74, 6) is 0.328. The number of primary amides is 1. The van der Waals surface area contributed by atoms with E-state index < -0.39 is 12.1 Å². The minimum absolute atomic E-state index is 0.0425. The molecule has 1 rings (SSSR count). The van der Waals surface area contributed by atoms with Crippen LogP contribution in [0.15, 0.2) is 12.4 Å². The largest absolute Gasteiger partial charge is 0.352 e. The Morgan fingerprint density at radius 2 is 2.24 bits per heavy atom. The molecule has 5 N–H and O–H groups in total. The molecule has 0 bridgehead atoms. The Kier molecular flexibility index (Phi) is 4.50. The van der Waals surface area contributed by atoms with E-state index in [0.717, 1.165) is 0 Å². The fourth-order valence-corrected chi connectivity index (χ4v) is 1.36. The third kappa shape index (κ3) is 4.13. The molecule has 0 fully saturated rings. The van der Waals surface area contributed by atoms with Crippen molar-refractivity contribution in [3.8, 4) is 0 Å². The average Bonchev–Trinajstić information content (AvgIpc) is 2.74. The summed E-state index contributed by atoms with van der Waals surface area (Å²) >= 11 is 0. The second-order valence-corrected chi connectivity index (χ2v) is 3.98. The molecule has 1 aromatic heterocycles. The zero-order valence-corrected chi connectivity index (χ0v) is 9.86. The van der Waals surface area contributed by atoms with Crippen LogP contribution in [0.5, 0.6) is 0 Å². The molecular weight excluding hydrogens is 222 g/mol. The Bertz CT molecular complexity index is 374. The summed E-state index contributed by atoms with van der Waals surface area (Å²) in [5.41, 5.74) is 5.01. The predicted octanol–water partition coefficient (Wildman–Crippen LogP) is -0.281. The molecule has 1 atom stereocenters. The molecule has 1 aromatic rings. The lowest BCUT2D eigenvalue weighted by atomic mass is 10.0. The van der Waals surface area contributed by atoms with Gasteiger partial charge in [0.2, 0.25) is 5.91 Å². The van der Waals surface area contributed by atoms with Crippen LogP contribution in [-0.4, -0.2) is 27.9 Å². The van der Waals surface area contributed by atoms with Crippen molar-refractivity contribution in [1.29, 1.82) is 0 Å². The van der Waals surface area contributed by atoms with Crippen LogP contribution < -0.4 is 16.4 Å². The summed E-state index contributed by atoms with van der Waals surface area (Å²) in [4.78, 5) is 29.4. The van der Waals surface area contributed by atoms with Gasteiger partial charge < -0.3 is 21.4 Å². The van der Waals surface area contributed by atoms with Crippen LogP contribution in [0.4, 0.5) is 4.79 Å². The topological polar surface area (TPSA) is 113 Å². The zero-order valence-electron chi connectivity index (χ0n) is 9.86. The van der Waals surface area contributed by atoms with Gasteiger partial charge in [-0.15, -0.1) is 0 Å². The van der Waals surface area contributed by atoms with E-state index in [1.54, 1.807) is 12.4 Å². The van der Waals surface area contributed by atoms with Crippen LogP contribution in [0.2, 0.25) is 0 Å². The Hall–Kier alpha value is -2.05. The lowest BCUT2D eigenvalue weighted by Crippen LogP contribution is -2.51. The van der Waals surface area contributed by atoms with Crippen LogP contribution in [0.25, 0.3) is 0 Å². The highest BCUT2D eigenvalue weighted by molar-refractivity contribution is 5.86. The van der Waals surface area contributed by atoms with Crippen molar-refractivity contribution in [2.24, 2.45) is 11.7 Å². The molecule has 94 valence electrons. The first-order valence-electron chi connectivity index (χ1n) is 5.32. The number of nitrogens with one attached hydrogen (secondary N) is 3. The van der Waals surface area contributed by atoms with Crippen molar-refractivity contribution in [3.63, 3.8) is 0 Å². The number of nitrogens with zero attached hydrogens (tertiary/aromatic N) is 1. The highest BCUT2D eigenvalue weighted by atomic mass is 16.2. The third-order valence-electron chi connectivity index (χ3n) is 2.23. The number of hydrogen-bond donors (Lipinski definition) is 4. The summed E-state index contributed by atoms with van der Waals surface area (Å²) in [6.45, 7) is 3.94. The number of H-pyrrole nitrogens is 1. The number of hydrogen-bond acceptors (Lipinski definition) is 3. The Morgan fingerprint density at radius 3 is 2.71 bits per heavy atom. The summed E-state index contributed by atoms with van der Waals surface area (Å²) in [7, 11) is 0. The fraction of sp³-hybridized carbons (Fsp3) is 0.500. The average molecular weight is 239 g/mol. The molecular formula is C10H17N5O2. The van der Waals surface area contributed by atoms with E-state index >= 15 is 0 Å². The molecule has 0 saturated carbocycles. The Labute approximate surface area is 99.2 Å². The number of aromatic amines is 1. The first kappa shape index (κ1) is 13.0. The van der Waals surface area contributed by atoms with Gasteiger partial charge in [0.05, 0.1) is 6.54 Å². The van der Waals surface area contributed by atoms with Gasteiger partial charge >= 0.3 is 6.03 Å². The van der Waals surface area contributed by atoms with Gasteiger partial charge in [-0.2, -0.15) is 0 Å². The quantitative estimate of drug-likeness (QED) is 0.566. The molecule has 0 aliphatic carbocycles. The second-order valence-electron chi connectivity index (χ2n) is 3.98. The number of rotatable bonds is 5. The molecule has 0 spiro atoms. The number of aromatic nitrogens is 2. The van der Waals surface area contributed by atoms with Gasteiger partial charge in [-0.1, -0.05) is 13.8 Å². The van der Waals surface area contributed by atoms with Crippen molar-refractivity contribution in [2.45, 2.75) is 26.4 Å². The van der Waals surface area contributed by atoms with Crippen LogP contribution >= 0.6 is 0 Å². The van der Waals surface area contributed by atoms with E-state index in [2.05, 4.69) is 20.6 Å². The van der Waals surface area contributed by atoms with Crippen molar-refractivity contribution in [3.05, 3.63) is 18.2 Å². The summed E-state index contributed by atoms with van der Waals surface area (Å²) in [6.07, 6.45) is 3.27. The highest BCUT2D eigenvalue weighted by Crippen LogP contribution is 2.01. The van der Waals surface area contributed by atoms with Gasteiger partial charge in [0.1, 0.15) is 11.9 Å². The smallest absolute Gasteiger partial charge is 0.312 e. The molecule has 3 amide bonds. The van der Waals surface area contributed by atoms with E-state index in [0.29, 0.717) is 5.82 Å². The molecule has 7 heteroatoms. The lowest BCUT2D eigenvalue weighted by molar-refractivity contribution is -0.124. The van der Waals surface area contributed by atoms with Gasteiger partial charge in [-0.25, -0.2) is 9.78 Å². The summed E-state index contributed by atoms with van der Waals surface area (Å²) < 4.78 is 0. The van der Waals surface area contributed by atoms with E-state index in [-0.39, 0.29) is 18.4 Å². The minimum Gasteiger partial charge on any atom is -0.352 e. The molecule has 0 radical (unpaired) electrons. The number of amides is 3. The zero-order chi connectivity index (χ0) is 12.8. The number of carbonyl (C=O) groups is 2. The van der Waals surface area contributed by atoms with Gasteiger partial charge in [-0.05, 0) is 5.92 Å². The lowest BCUT2D eigenvalue weighted by Gasteiger charge is -2.20. The Morgan fingerprint density at radius 1 is 1.53 bits per heavy atom. The third-order valence-corrected chi connectivity index (χ3v) is 2.23. The molecule has 1 heterocycles. The predicted molar refractivity (Wildman–Crippen MR) is 61.8 cm³/mol. The van der Waals surface area contributed by atoms with Crippen molar-refractivity contribution in [2.75, 3.05) is 0 Å². The molecule has 0 aromatic carbocycles. The summed E-state index contributed by atoms with van der Waals surface area (Å²) in [5, 5.41) is 5.07. The van der Waals surface area contributed by atoms with Crippen molar-refractivity contribution in [1.82, 2.24) is 20.6 Å². The molecule has 17 heavy (non-hydrogen) atoms. The van der Waals surface area contributed by atoms with E-state index in [1.807, 2.05) is 13.8 Å². The van der Waals surface area contributed by atoms with Crippen LogP contribution in [-0.2, 0) is 11.3 Å². The maximum Gasteiger partial charge on any atom is 0.312 e. The maximum atomic E-state index is 11.8.